The van der Waals surface area contributed by atoms with E-state index in [0.717, 1.165) is 57.9 Å². The number of nitrogens with zero attached hydrogens (tertiary/aromatic N) is 1. The third-order valence-electron chi connectivity index (χ3n) is 5.42. The molecule has 0 amide bonds. The molecule has 1 unspecified atom stereocenters. The highest BCUT2D eigenvalue weighted by atomic mass is 79.9. The van der Waals surface area contributed by atoms with Crippen molar-refractivity contribution in [3.8, 4) is 0 Å². The van der Waals surface area contributed by atoms with E-state index < -0.39 is 0 Å². The maximum Gasteiger partial charge on any atom is 0.119 e. The minimum Gasteiger partial charge on any atom is -0.398 e. The highest BCUT2D eigenvalue weighted by Gasteiger charge is 2.24. The lowest BCUT2D eigenvalue weighted by molar-refractivity contribution is 0.653. The first-order valence-corrected chi connectivity index (χ1v) is 10.0. The van der Waals surface area contributed by atoms with E-state index in [4.69, 9.17) is 16.1 Å². The number of halogens is 2. The summed E-state index contributed by atoms with van der Waals surface area (Å²) in [5.74, 6) is -0.293. The van der Waals surface area contributed by atoms with E-state index in [2.05, 4.69) is 15.9 Å². The second kappa shape index (κ2) is 7.04. The molecular formula is C22H21BrFN3. The first-order chi connectivity index (χ1) is 13.0. The van der Waals surface area contributed by atoms with Crippen LogP contribution in [-0.2, 0) is 12.8 Å². The van der Waals surface area contributed by atoms with Gasteiger partial charge >= 0.3 is 0 Å². The fourth-order valence-electron chi connectivity index (χ4n) is 4.09. The molecule has 0 radical (unpaired) electrons. The monoisotopic (exact) mass is 425 g/mol. The van der Waals surface area contributed by atoms with Crippen molar-refractivity contribution in [1.82, 2.24) is 4.98 Å². The van der Waals surface area contributed by atoms with Crippen LogP contribution in [0, 0.1) is 11.3 Å². The Morgan fingerprint density at radius 1 is 1.22 bits per heavy atom. The molecule has 0 bridgehead atoms. The third-order valence-corrected chi connectivity index (χ3v) is 6.57. The van der Waals surface area contributed by atoms with Gasteiger partial charge in [-0.25, -0.2) is 9.37 Å². The molecular weight excluding hydrogens is 405 g/mol. The number of hydrogen-bond acceptors (Lipinski definition) is 3. The topological polar surface area (TPSA) is 62.8 Å². The van der Waals surface area contributed by atoms with Crippen molar-refractivity contribution >= 4 is 44.3 Å². The van der Waals surface area contributed by atoms with Gasteiger partial charge in [0.05, 0.1) is 11.2 Å². The minimum atomic E-state index is -0.233. The van der Waals surface area contributed by atoms with Crippen molar-refractivity contribution < 1.29 is 4.39 Å². The predicted octanol–water partition coefficient (Wildman–Crippen LogP) is 5.86. The number of nitrogen functional groups attached to an aromatic ring is 1. The average molecular weight is 426 g/mol. The molecule has 3 nitrogen and oxygen atoms in total. The predicted molar refractivity (Wildman–Crippen MR) is 114 cm³/mol. The number of aromatic nitrogens is 1. The number of hydrogen-bond donors (Lipinski definition) is 2. The van der Waals surface area contributed by atoms with E-state index in [9.17, 15) is 4.39 Å². The first kappa shape index (κ1) is 18.1. The SMILES string of the molecule is CC1C=C(F)C=CC(c2nc3ccc(N)c(C=N)c3c3c2CCCC3)=C1Br. The van der Waals surface area contributed by atoms with Gasteiger partial charge in [0.1, 0.15) is 5.83 Å². The standard InChI is InChI=1S/C22H21BrFN3/c1-12-10-13(24)6-7-16(21(12)23)22-15-5-3-2-4-14(15)20-17(11-25)18(26)8-9-19(20)27-22/h6-12,25H,2-5,26H2,1H3. The van der Waals surface area contributed by atoms with Crippen LogP contribution in [0.3, 0.4) is 0 Å². The summed E-state index contributed by atoms with van der Waals surface area (Å²) in [6.45, 7) is 1.97. The van der Waals surface area contributed by atoms with Gasteiger partial charge in [0.15, 0.2) is 0 Å². The highest BCUT2D eigenvalue weighted by Crippen LogP contribution is 2.40. The van der Waals surface area contributed by atoms with E-state index >= 15 is 0 Å². The average Bonchev–Trinajstić information content (AvgIpc) is 2.79. The molecule has 2 aromatic rings. The fourth-order valence-corrected chi connectivity index (χ4v) is 4.54. The molecule has 0 saturated heterocycles. The number of anilines is 1. The molecule has 0 saturated carbocycles. The van der Waals surface area contributed by atoms with Gasteiger partial charge in [-0.3, -0.25) is 0 Å². The number of benzene rings is 1. The quantitative estimate of drug-likeness (QED) is 0.467. The van der Waals surface area contributed by atoms with Crippen LogP contribution >= 0.6 is 15.9 Å². The zero-order chi connectivity index (χ0) is 19.1. The largest absolute Gasteiger partial charge is 0.398 e. The summed E-state index contributed by atoms with van der Waals surface area (Å²) in [4.78, 5) is 4.97. The van der Waals surface area contributed by atoms with Crippen LogP contribution in [0.25, 0.3) is 16.5 Å². The van der Waals surface area contributed by atoms with Crippen LogP contribution in [0.4, 0.5) is 10.1 Å². The van der Waals surface area contributed by atoms with Crippen LogP contribution in [0.1, 0.15) is 42.1 Å². The minimum absolute atomic E-state index is 0.0599. The molecule has 3 N–H and O–H groups in total. The Balaban J connectivity index is 2.06. The Labute approximate surface area is 166 Å². The van der Waals surface area contributed by atoms with E-state index in [0.29, 0.717) is 5.69 Å². The van der Waals surface area contributed by atoms with Crippen LogP contribution in [0.15, 0.2) is 40.7 Å². The van der Waals surface area contributed by atoms with Crippen molar-refractivity contribution in [2.75, 3.05) is 5.73 Å². The van der Waals surface area contributed by atoms with Gasteiger partial charge in [0.25, 0.3) is 0 Å². The Bertz CT molecular complexity index is 1050. The van der Waals surface area contributed by atoms with Crippen molar-refractivity contribution in [3.63, 3.8) is 0 Å². The maximum atomic E-state index is 14.0. The van der Waals surface area contributed by atoms with Crippen LogP contribution in [0.5, 0.6) is 0 Å². The van der Waals surface area contributed by atoms with Crippen molar-refractivity contribution in [1.29, 1.82) is 5.41 Å². The molecule has 1 heterocycles. The molecule has 2 aliphatic carbocycles. The van der Waals surface area contributed by atoms with Crippen LogP contribution < -0.4 is 5.73 Å². The summed E-state index contributed by atoms with van der Waals surface area (Å²) in [5.41, 5.74) is 12.6. The van der Waals surface area contributed by atoms with E-state index in [1.54, 1.807) is 6.08 Å². The molecule has 4 rings (SSSR count). The smallest absolute Gasteiger partial charge is 0.119 e. The van der Waals surface area contributed by atoms with Gasteiger partial charge in [-0.05, 0) is 67.2 Å². The number of pyridine rings is 1. The Morgan fingerprint density at radius 2 is 1.96 bits per heavy atom. The van der Waals surface area contributed by atoms with E-state index in [1.807, 2.05) is 25.1 Å². The second-order valence-electron chi connectivity index (χ2n) is 7.17. The summed E-state index contributed by atoms with van der Waals surface area (Å²) in [6, 6.07) is 3.73. The molecule has 0 spiro atoms. The van der Waals surface area contributed by atoms with Gasteiger partial charge in [-0.15, -0.1) is 0 Å². The number of fused-ring (bicyclic) bond motifs is 3. The summed E-state index contributed by atoms with van der Waals surface area (Å²) in [5, 5.41) is 8.83. The molecule has 2 aliphatic rings. The van der Waals surface area contributed by atoms with Crippen LogP contribution in [-0.4, -0.2) is 11.2 Å². The van der Waals surface area contributed by atoms with Gasteiger partial charge in [0, 0.05) is 38.8 Å². The third kappa shape index (κ3) is 3.04. The molecule has 0 fully saturated rings. The maximum absolute atomic E-state index is 14.0. The molecule has 1 aromatic carbocycles. The summed E-state index contributed by atoms with van der Waals surface area (Å²) in [6.07, 6.45) is 10.4. The van der Waals surface area contributed by atoms with Gasteiger partial charge in [-0.1, -0.05) is 22.9 Å². The zero-order valence-electron chi connectivity index (χ0n) is 15.2. The summed E-state index contributed by atoms with van der Waals surface area (Å²) < 4.78 is 14.9. The van der Waals surface area contributed by atoms with Crippen molar-refractivity contribution in [2.24, 2.45) is 5.92 Å². The number of aryl methyl sites for hydroxylation is 1. The van der Waals surface area contributed by atoms with Crippen LogP contribution in [0.2, 0.25) is 0 Å². The molecule has 5 heteroatoms. The molecule has 1 atom stereocenters. The lowest BCUT2D eigenvalue weighted by atomic mass is 9.84. The zero-order valence-corrected chi connectivity index (χ0v) is 16.7. The van der Waals surface area contributed by atoms with Crippen molar-refractivity contribution in [3.05, 3.63) is 63.1 Å². The summed E-state index contributed by atoms with van der Waals surface area (Å²) >= 11 is 3.69. The first-order valence-electron chi connectivity index (χ1n) is 9.21. The van der Waals surface area contributed by atoms with Crippen molar-refractivity contribution in [2.45, 2.75) is 32.6 Å². The fraction of sp³-hybridized carbons (Fsp3) is 0.273. The van der Waals surface area contributed by atoms with E-state index in [-0.39, 0.29) is 11.7 Å². The molecule has 138 valence electrons. The molecule has 27 heavy (non-hydrogen) atoms. The van der Waals surface area contributed by atoms with E-state index in [1.165, 1.54) is 23.4 Å². The highest BCUT2D eigenvalue weighted by molar-refractivity contribution is 9.11. The Morgan fingerprint density at radius 3 is 2.70 bits per heavy atom. The Hall–Kier alpha value is -2.27. The second-order valence-corrected chi connectivity index (χ2v) is 8.02. The van der Waals surface area contributed by atoms with Gasteiger partial charge in [0.2, 0.25) is 0 Å². The lowest BCUT2D eigenvalue weighted by Crippen LogP contribution is -2.11. The van der Waals surface area contributed by atoms with Gasteiger partial charge in [-0.2, -0.15) is 0 Å². The molecule has 0 aliphatic heterocycles. The number of nitrogens with one attached hydrogen (secondary N) is 1. The number of nitrogens with two attached hydrogens (primary N) is 1. The lowest BCUT2D eigenvalue weighted by Gasteiger charge is -2.24. The Kier molecular flexibility index (Phi) is 4.72. The summed E-state index contributed by atoms with van der Waals surface area (Å²) in [7, 11) is 0. The number of rotatable bonds is 2. The normalized spacial score (nSPS) is 19.7. The molecule has 1 aromatic heterocycles. The van der Waals surface area contributed by atoms with Gasteiger partial charge < -0.3 is 11.1 Å². The number of allylic oxidation sites excluding steroid dienone is 6.